The monoisotopic (exact) mass is 205 g/mol. The van der Waals surface area contributed by atoms with Crippen molar-refractivity contribution in [1.29, 1.82) is 0 Å². The number of carbonyl (C=O) groups is 1. The summed E-state index contributed by atoms with van der Waals surface area (Å²) in [6.45, 7) is 4.69. The van der Waals surface area contributed by atoms with Crippen LogP contribution in [-0.4, -0.2) is 44.0 Å². The lowest BCUT2D eigenvalue weighted by atomic mass is 10.2. The molecule has 0 aliphatic carbocycles. The minimum Gasteiger partial charge on any atom is -0.461 e. The molecular formula is C9H16ClNO2. The number of hydrogen-bond acceptors (Lipinski definition) is 3. The quantitative estimate of drug-likeness (QED) is 0.372. The molecule has 0 aromatic heterocycles. The fraction of sp³-hybridized carbons (Fsp3) is 0.667. The van der Waals surface area contributed by atoms with E-state index in [1.165, 1.54) is 0 Å². The number of rotatable bonds is 6. The third kappa shape index (κ3) is 6.61. The highest BCUT2D eigenvalue weighted by molar-refractivity contribution is 6.18. The van der Waals surface area contributed by atoms with Gasteiger partial charge in [0.15, 0.2) is 0 Å². The summed E-state index contributed by atoms with van der Waals surface area (Å²) in [5.74, 6) is 0.0595. The third-order valence-corrected chi connectivity index (χ3v) is 1.65. The molecule has 0 aliphatic rings. The van der Waals surface area contributed by atoms with E-state index in [1.807, 2.05) is 19.0 Å². The smallest absolute Gasteiger partial charge is 0.333 e. The van der Waals surface area contributed by atoms with E-state index >= 15 is 0 Å². The highest BCUT2D eigenvalue weighted by atomic mass is 35.5. The van der Waals surface area contributed by atoms with Crippen LogP contribution in [0.25, 0.3) is 0 Å². The first-order valence-corrected chi connectivity index (χ1v) is 4.67. The van der Waals surface area contributed by atoms with E-state index in [2.05, 4.69) is 6.58 Å². The van der Waals surface area contributed by atoms with Gasteiger partial charge in [-0.05, 0) is 20.5 Å². The zero-order chi connectivity index (χ0) is 10.3. The molecule has 0 radical (unpaired) electrons. The molecule has 0 saturated carbocycles. The Hall–Kier alpha value is -0.540. The summed E-state index contributed by atoms with van der Waals surface area (Å²) in [6.07, 6.45) is 0.488. The maximum Gasteiger partial charge on any atom is 0.333 e. The second-order valence-corrected chi connectivity index (χ2v) is 3.36. The molecule has 0 aromatic carbocycles. The van der Waals surface area contributed by atoms with Crippen molar-refractivity contribution >= 4 is 17.6 Å². The van der Waals surface area contributed by atoms with Crippen molar-refractivity contribution in [3.8, 4) is 0 Å². The van der Waals surface area contributed by atoms with Gasteiger partial charge in [-0.25, -0.2) is 4.79 Å². The Bertz CT molecular complexity index is 180. The maximum absolute atomic E-state index is 11.1. The summed E-state index contributed by atoms with van der Waals surface area (Å²) >= 11 is 5.45. The van der Waals surface area contributed by atoms with E-state index in [0.717, 1.165) is 6.54 Å². The molecule has 4 heteroatoms. The van der Waals surface area contributed by atoms with Crippen LogP contribution in [0, 0.1) is 0 Å². The van der Waals surface area contributed by atoms with Crippen LogP contribution in [0.5, 0.6) is 0 Å². The summed E-state index contributed by atoms with van der Waals surface area (Å²) in [5, 5.41) is 0. The van der Waals surface area contributed by atoms with Gasteiger partial charge in [0.25, 0.3) is 0 Å². The Morgan fingerprint density at radius 2 is 2.15 bits per heavy atom. The van der Waals surface area contributed by atoms with Gasteiger partial charge in [-0.15, -0.1) is 11.6 Å². The molecule has 0 bridgehead atoms. The normalized spacial score (nSPS) is 10.2. The standard InChI is InChI=1S/C9H16ClNO2/c1-8(4-5-10)9(12)13-7-6-11(2)3/h1,4-7H2,2-3H3. The fourth-order valence-corrected chi connectivity index (χ4v) is 0.867. The summed E-state index contributed by atoms with van der Waals surface area (Å²) in [5.41, 5.74) is 0.439. The summed E-state index contributed by atoms with van der Waals surface area (Å²) in [6, 6.07) is 0. The molecule has 3 nitrogen and oxygen atoms in total. The largest absolute Gasteiger partial charge is 0.461 e. The summed E-state index contributed by atoms with van der Waals surface area (Å²) < 4.78 is 4.93. The molecule has 0 saturated heterocycles. The predicted molar refractivity (Wildman–Crippen MR) is 54.0 cm³/mol. The van der Waals surface area contributed by atoms with Crippen LogP contribution in [0.1, 0.15) is 6.42 Å². The molecule has 0 spiro atoms. The Kier molecular flexibility index (Phi) is 6.63. The lowest BCUT2D eigenvalue weighted by molar-refractivity contribution is -0.139. The molecule has 0 fully saturated rings. The van der Waals surface area contributed by atoms with Gasteiger partial charge in [-0.3, -0.25) is 0 Å². The van der Waals surface area contributed by atoms with Crippen molar-refractivity contribution < 1.29 is 9.53 Å². The molecule has 0 rings (SSSR count). The van der Waals surface area contributed by atoms with Crippen LogP contribution >= 0.6 is 11.6 Å². The lowest BCUT2D eigenvalue weighted by Gasteiger charge is -2.10. The number of ether oxygens (including phenoxy) is 1. The van der Waals surface area contributed by atoms with Gasteiger partial charge in [-0.1, -0.05) is 6.58 Å². The van der Waals surface area contributed by atoms with Crippen LogP contribution in [0.4, 0.5) is 0 Å². The van der Waals surface area contributed by atoms with E-state index in [4.69, 9.17) is 16.3 Å². The molecule has 76 valence electrons. The van der Waals surface area contributed by atoms with Crippen molar-refractivity contribution in [2.75, 3.05) is 33.1 Å². The van der Waals surface area contributed by atoms with Crippen molar-refractivity contribution in [3.05, 3.63) is 12.2 Å². The van der Waals surface area contributed by atoms with Gasteiger partial charge in [0.2, 0.25) is 0 Å². The van der Waals surface area contributed by atoms with Gasteiger partial charge >= 0.3 is 5.97 Å². The van der Waals surface area contributed by atoms with Crippen LogP contribution in [-0.2, 0) is 9.53 Å². The van der Waals surface area contributed by atoms with E-state index in [1.54, 1.807) is 0 Å². The minimum absolute atomic E-state index is 0.345. The van der Waals surface area contributed by atoms with E-state index in [9.17, 15) is 4.79 Å². The Morgan fingerprint density at radius 3 is 2.62 bits per heavy atom. The highest BCUT2D eigenvalue weighted by Crippen LogP contribution is 2.02. The van der Waals surface area contributed by atoms with Crippen molar-refractivity contribution in [2.45, 2.75) is 6.42 Å². The minimum atomic E-state index is -0.345. The summed E-state index contributed by atoms with van der Waals surface area (Å²) in [7, 11) is 3.84. The lowest BCUT2D eigenvalue weighted by Crippen LogP contribution is -2.20. The number of nitrogens with zero attached hydrogens (tertiary/aromatic N) is 1. The molecule has 0 aromatic rings. The van der Waals surface area contributed by atoms with Crippen LogP contribution in [0.2, 0.25) is 0 Å². The molecule has 0 heterocycles. The highest BCUT2D eigenvalue weighted by Gasteiger charge is 2.06. The first kappa shape index (κ1) is 12.5. The second kappa shape index (κ2) is 6.92. The van der Waals surface area contributed by atoms with E-state index in [-0.39, 0.29) is 5.97 Å². The Morgan fingerprint density at radius 1 is 1.54 bits per heavy atom. The van der Waals surface area contributed by atoms with Gasteiger partial charge in [0, 0.05) is 18.0 Å². The van der Waals surface area contributed by atoms with Crippen molar-refractivity contribution in [2.24, 2.45) is 0 Å². The van der Waals surface area contributed by atoms with Crippen molar-refractivity contribution in [3.63, 3.8) is 0 Å². The average Bonchev–Trinajstić information content (AvgIpc) is 2.04. The Balaban J connectivity index is 3.56. The number of halogens is 1. The van der Waals surface area contributed by atoms with Gasteiger partial charge < -0.3 is 9.64 Å². The van der Waals surface area contributed by atoms with Crippen LogP contribution in [0.15, 0.2) is 12.2 Å². The third-order valence-electron chi connectivity index (χ3n) is 1.46. The molecule has 0 aliphatic heterocycles. The number of carbonyl (C=O) groups excluding carboxylic acids is 1. The van der Waals surface area contributed by atoms with E-state index in [0.29, 0.717) is 24.5 Å². The van der Waals surface area contributed by atoms with Gasteiger partial charge in [0.05, 0.1) is 0 Å². The zero-order valence-corrected chi connectivity index (χ0v) is 8.93. The SMILES string of the molecule is C=C(CCCl)C(=O)OCCN(C)C. The average molecular weight is 206 g/mol. The number of alkyl halides is 1. The number of hydrogen-bond donors (Lipinski definition) is 0. The molecule has 0 atom stereocenters. The first-order chi connectivity index (χ1) is 6.07. The number of likely N-dealkylation sites (N-methyl/N-ethyl adjacent to an activating group) is 1. The second-order valence-electron chi connectivity index (χ2n) is 2.98. The van der Waals surface area contributed by atoms with Crippen LogP contribution in [0.3, 0.4) is 0 Å². The maximum atomic E-state index is 11.1. The first-order valence-electron chi connectivity index (χ1n) is 4.13. The molecule has 0 N–H and O–H groups in total. The van der Waals surface area contributed by atoms with Crippen LogP contribution < -0.4 is 0 Å². The molecule has 0 amide bonds. The van der Waals surface area contributed by atoms with Gasteiger partial charge in [-0.2, -0.15) is 0 Å². The zero-order valence-electron chi connectivity index (χ0n) is 8.18. The fourth-order valence-electron chi connectivity index (χ4n) is 0.639. The molecular weight excluding hydrogens is 190 g/mol. The molecule has 0 unspecified atom stereocenters. The van der Waals surface area contributed by atoms with Gasteiger partial charge in [0.1, 0.15) is 6.61 Å². The topological polar surface area (TPSA) is 29.5 Å². The number of esters is 1. The van der Waals surface area contributed by atoms with E-state index < -0.39 is 0 Å². The Labute approximate surface area is 84.3 Å². The van der Waals surface area contributed by atoms with Crippen molar-refractivity contribution in [1.82, 2.24) is 4.90 Å². The predicted octanol–water partition coefficient (Wildman–Crippen LogP) is 1.28. The molecule has 13 heavy (non-hydrogen) atoms. The summed E-state index contributed by atoms with van der Waals surface area (Å²) in [4.78, 5) is 13.1.